The molecular weight excluding hydrogens is 418 g/mol. The molecule has 6 heteroatoms. The van der Waals surface area contributed by atoms with Crippen LogP contribution in [0, 0.1) is 0 Å². The number of aliphatic carboxylic acids is 1. The Balaban J connectivity index is 1.51. The van der Waals surface area contributed by atoms with E-state index in [9.17, 15) is 14.7 Å². The fourth-order valence-electron chi connectivity index (χ4n) is 3.21. The third-order valence-corrected chi connectivity index (χ3v) is 4.94. The lowest BCUT2D eigenvalue weighted by atomic mass is 10.1. The quantitative estimate of drug-likeness (QED) is 0.394. The van der Waals surface area contributed by atoms with Crippen LogP contribution in [0.5, 0.6) is 5.75 Å². The third kappa shape index (κ3) is 7.94. The maximum Gasteiger partial charge on any atom is 0.303 e. The summed E-state index contributed by atoms with van der Waals surface area (Å²) in [5, 5.41) is 22.0. The van der Waals surface area contributed by atoms with Crippen molar-refractivity contribution in [2.75, 3.05) is 11.9 Å². The summed E-state index contributed by atoms with van der Waals surface area (Å²) < 4.78 is 5.76. The van der Waals surface area contributed by atoms with Gasteiger partial charge < -0.3 is 20.3 Å². The molecule has 3 aromatic rings. The van der Waals surface area contributed by atoms with Crippen molar-refractivity contribution in [2.24, 2.45) is 0 Å². The van der Waals surface area contributed by atoms with Crippen molar-refractivity contribution >= 4 is 23.6 Å². The minimum absolute atomic E-state index is 0.0359. The first-order valence-electron chi connectivity index (χ1n) is 10.8. The number of ether oxygens (including phenoxy) is 1. The molecular formula is C27H27NO5. The van der Waals surface area contributed by atoms with Gasteiger partial charge in [0.25, 0.3) is 5.91 Å². The Bertz CT molecular complexity index is 1090. The number of aliphatic hydroxyl groups is 1. The highest BCUT2D eigenvalue weighted by molar-refractivity contribution is 6.04. The Morgan fingerprint density at radius 2 is 1.73 bits per heavy atom. The molecule has 0 saturated carbocycles. The number of hydrogen-bond donors (Lipinski definition) is 3. The Morgan fingerprint density at radius 1 is 0.970 bits per heavy atom. The first kappa shape index (κ1) is 23.8. The normalized spacial score (nSPS) is 11.8. The molecule has 1 atom stereocenters. The monoisotopic (exact) mass is 445 g/mol. The average molecular weight is 446 g/mol. The lowest BCUT2D eigenvalue weighted by Crippen LogP contribution is -2.12. The van der Waals surface area contributed by atoms with Crippen LogP contribution in [0.25, 0.3) is 6.08 Å². The molecule has 0 bridgehead atoms. The lowest BCUT2D eigenvalue weighted by Gasteiger charge is -2.12. The zero-order valence-electron chi connectivity index (χ0n) is 18.2. The van der Waals surface area contributed by atoms with E-state index in [-0.39, 0.29) is 18.9 Å². The van der Waals surface area contributed by atoms with E-state index < -0.39 is 12.1 Å². The van der Waals surface area contributed by atoms with Crippen LogP contribution < -0.4 is 10.1 Å². The lowest BCUT2D eigenvalue weighted by molar-refractivity contribution is -0.136. The van der Waals surface area contributed by atoms with Crippen molar-refractivity contribution in [1.82, 2.24) is 0 Å². The highest BCUT2D eigenvalue weighted by Crippen LogP contribution is 2.20. The Morgan fingerprint density at radius 3 is 2.52 bits per heavy atom. The number of carbonyl (C=O) groups is 2. The molecule has 0 saturated heterocycles. The van der Waals surface area contributed by atoms with Gasteiger partial charge in [0.2, 0.25) is 0 Å². The van der Waals surface area contributed by atoms with Crippen LogP contribution in [-0.2, 0) is 11.2 Å². The van der Waals surface area contributed by atoms with Gasteiger partial charge in [0.05, 0.1) is 12.7 Å². The highest BCUT2D eigenvalue weighted by Gasteiger charge is 2.08. The first-order valence-corrected chi connectivity index (χ1v) is 10.8. The predicted octanol–water partition coefficient (Wildman–Crippen LogP) is 4.80. The minimum atomic E-state index is -0.855. The molecule has 0 aliphatic carbocycles. The fraction of sp³-hybridized carbons (Fsp3) is 0.185. The summed E-state index contributed by atoms with van der Waals surface area (Å²) in [6, 6.07) is 23.7. The largest absolute Gasteiger partial charge is 0.493 e. The summed E-state index contributed by atoms with van der Waals surface area (Å²) in [6.45, 7) is 0.287. The SMILES string of the molecule is O=C(O)CCc1ccccc1OCCC(O)/C=C/c1cccc(C(=O)Nc2ccccc2)c1. The molecule has 0 radical (unpaired) electrons. The van der Waals surface area contributed by atoms with Gasteiger partial charge in [-0.25, -0.2) is 0 Å². The molecule has 33 heavy (non-hydrogen) atoms. The number of rotatable bonds is 11. The average Bonchev–Trinajstić information content (AvgIpc) is 2.83. The number of hydrogen-bond acceptors (Lipinski definition) is 4. The molecule has 0 spiro atoms. The Hall–Kier alpha value is -3.90. The smallest absolute Gasteiger partial charge is 0.303 e. The number of amides is 1. The van der Waals surface area contributed by atoms with Gasteiger partial charge in [-0.2, -0.15) is 0 Å². The molecule has 0 fully saturated rings. The minimum Gasteiger partial charge on any atom is -0.493 e. The molecule has 1 unspecified atom stereocenters. The van der Waals surface area contributed by atoms with E-state index in [0.29, 0.717) is 24.2 Å². The maximum atomic E-state index is 12.5. The van der Waals surface area contributed by atoms with Crippen LogP contribution in [0.15, 0.2) is 84.9 Å². The van der Waals surface area contributed by atoms with Gasteiger partial charge in [-0.15, -0.1) is 0 Å². The summed E-state index contributed by atoms with van der Waals surface area (Å²) in [6.07, 6.45) is 3.51. The number of anilines is 1. The van der Waals surface area contributed by atoms with Crippen molar-refractivity contribution in [3.8, 4) is 5.75 Å². The van der Waals surface area contributed by atoms with E-state index in [1.807, 2.05) is 54.6 Å². The molecule has 3 N–H and O–H groups in total. The number of para-hydroxylation sites is 2. The number of carboxylic acid groups (broad SMARTS) is 1. The molecule has 0 aromatic heterocycles. The fourth-order valence-corrected chi connectivity index (χ4v) is 3.21. The molecule has 0 aliphatic rings. The van der Waals surface area contributed by atoms with Gasteiger partial charge in [0, 0.05) is 24.1 Å². The highest BCUT2D eigenvalue weighted by atomic mass is 16.5. The molecule has 0 heterocycles. The van der Waals surface area contributed by atoms with Crippen LogP contribution in [0.4, 0.5) is 5.69 Å². The van der Waals surface area contributed by atoms with Gasteiger partial charge in [0.15, 0.2) is 0 Å². The van der Waals surface area contributed by atoms with E-state index >= 15 is 0 Å². The molecule has 0 aliphatic heterocycles. The predicted molar refractivity (Wildman–Crippen MR) is 128 cm³/mol. The zero-order chi connectivity index (χ0) is 23.5. The number of aryl methyl sites for hydroxylation is 1. The molecule has 170 valence electrons. The summed E-state index contributed by atoms with van der Waals surface area (Å²) >= 11 is 0. The molecule has 6 nitrogen and oxygen atoms in total. The first-order chi connectivity index (χ1) is 16.0. The van der Waals surface area contributed by atoms with Crippen molar-refractivity contribution < 1.29 is 24.5 Å². The summed E-state index contributed by atoms with van der Waals surface area (Å²) in [4.78, 5) is 23.3. The third-order valence-electron chi connectivity index (χ3n) is 4.94. The van der Waals surface area contributed by atoms with E-state index in [4.69, 9.17) is 9.84 Å². The van der Waals surface area contributed by atoms with Crippen molar-refractivity contribution in [3.63, 3.8) is 0 Å². The van der Waals surface area contributed by atoms with Gasteiger partial charge in [-0.1, -0.05) is 60.7 Å². The summed E-state index contributed by atoms with van der Waals surface area (Å²) in [5.41, 5.74) is 2.88. The second kappa shape index (κ2) is 12.2. The maximum absolute atomic E-state index is 12.5. The molecule has 1 amide bonds. The van der Waals surface area contributed by atoms with Gasteiger partial charge in [-0.3, -0.25) is 9.59 Å². The van der Waals surface area contributed by atoms with Gasteiger partial charge in [0.1, 0.15) is 5.75 Å². The van der Waals surface area contributed by atoms with Crippen molar-refractivity contribution in [1.29, 1.82) is 0 Å². The number of carbonyl (C=O) groups excluding carboxylic acids is 1. The standard InChI is InChI=1S/C27H27NO5/c29-24(17-18-33-25-12-5-4-8-21(25)14-16-26(30)31)15-13-20-7-6-9-22(19-20)27(32)28-23-10-2-1-3-11-23/h1-13,15,19,24,29H,14,16-18H2,(H,28,32)(H,30,31)/b15-13+. The van der Waals surface area contributed by atoms with E-state index in [2.05, 4.69) is 5.32 Å². The summed E-state index contributed by atoms with van der Waals surface area (Å²) in [7, 11) is 0. The van der Waals surface area contributed by atoms with Crippen LogP contribution in [0.3, 0.4) is 0 Å². The van der Waals surface area contributed by atoms with Crippen LogP contribution in [0.2, 0.25) is 0 Å². The number of aliphatic hydroxyl groups excluding tert-OH is 1. The number of carboxylic acids is 1. The van der Waals surface area contributed by atoms with Gasteiger partial charge in [-0.05, 0) is 47.9 Å². The van der Waals surface area contributed by atoms with Crippen LogP contribution in [0.1, 0.15) is 34.3 Å². The second-order valence-electron chi connectivity index (χ2n) is 7.51. The van der Waals surface area contributed by atoms with E-state index in [1.165, 1.54) is 0 Å². The second-order valence-corrected chi connectivity index (χ2v) is 7.51. The van der Waals surface area contributed by atoms with E-state index in [0.717, 1.165) is 16.8 Å². The Labute approximate surface area is 193 Å². The topological polar surface area (TPSA) is 95.9 Å². The van der Waals surface area contributed by atoms with Crippen LogP contribution >= 0.6 is 0 Å². The van der Waals surface area contributed by atoms with Crippen LogP contribution in [-0.4, -0.2) is 34.8 Å². The van der Waals surface area contributed by atoms with Crippen molar-refractivity contribution in [2.45, 2.75) is 25.4 Å². The molecule has 3 rings (SSSR count). The van der Waals surface area contributed by atoms with E-state index in [1.54, 1.807) is 36.4 Å². The number of benzene rings is 3. The summed E-state index contributed by atoms with van der Waals surface area (Å²) in [5.74, 6) is -0.425. The molecule has 3 aromatic carbocycles. The Kier molecular flexibility index (Phi) is 8.79. The number of nitrogens with one attached hydrogen (secondary N) is 1. The zero-order valence-corrected chi connectivity index (χ0v) is 18.2. The van der Waals surface area contributed by atoms with Gasteiger partial charge >= 0.3 is 5.97 Å². The van der Waals surface area contributed by atoms with Crippen molar-refractivity contribution in [3.05, 3.63) is 102 Å².